The Morgan fingerprint density at radius 1 is 1.44 bits per heavy atom. The number of nitrogens with one attached hydrogen (secondary N) is 1. The summed E-state index contributed by atoms with van der Waals surface area (Å²) in [7, 11) is 0. The second-order valence-electron chi connectivity index (χ2n) is 3.65. The van der Waals surface area contributed by atoms with Crippen LogP contribution in [0.25, 0.3) is 10.9 Å². The molecule has 1 aromatic carbocycles. The number of para-hydroxylation sites is 1. The SMILES string of the molecule is CCONC(=O)Cn1cnc2ccccc2c1=O. The molecule has 18 heavy (non-hydrogen) atoms. The monoisotopic (exact) mass is 247 g/mol. The molecule has 0 saturated heterocycles. The summed E-state index contributed by atoms with van der Waals surface area (Å²) in [6.45, 7) is 2.01. The van der Waals surface area contributed by atoms with E-state index in [0.29, 0.717) is 17.5 Å². The van der Waals surface area contributed by atoms with Crippen molar-refractivity contribution in [3.63, 3.8) is 0 Å². The van der Waals surface area contributed by atoms with Gasteiger partial charge in [-0.05, 0) is 19.1 Å². The largest absolute Gasteiger partial charge is 0.289 e. The zero-order valence-electron chi connectivity index (χ0n) is 9.92. The molecule has 0 aliphatic carbocycles. The summed E-state index contributed by atoms with van der Waals surface area (Å²) >= 11 is 0. The quantitative estimate of drug-likeness (QED) is 0.797. The summed E-state index contributed by atoms with van der Waals surface area (Å²) in [5.74, 6) is -0.393. The van der Waals surface area contributed by atoms with E-state index in [1.165, 1.54) is 10.9 Å². The number of nitrogens with zero attached hydrogens (tertiary/aromatic N) is 2. The van der Waals surface area contributed by atoms with Crippen molar-refractivity contribution in [3.05, 3.63) is 40.9 Å². The molecule has 1 heterocycles. The van der Waals surface area contributed by atoms with Gasteiger partial charge in [0.2, 0.25) is 0 Å². The van der Waals surface area contributed by atoms with Crippen LogP contribution in [0.5, 0.6) is 0 Å². The molecule has 1 aromatic heterocycles. The van der Waals surface area contributed by atoms with Crippen LogP contribution in [0.1, 0.15) is 6.92 Å². The van der Waals surface area contributed by atoms with Crippen LogP contribution >= 0.6 is 0 Å². The second kappa shape index (κ2) is 5.42. The topological polar surface area (TPSA) is 73.2 Å². The van der Waals surface area contributed by atoms with Gasteiger partial charge in [-0.1, -0.05) is 12.1 Å². The lowest BCUT2D eigenvalue weighted by molar-refractivity contribution is -0.133. The highest BCUT2D eigenvalue weighted by Gasteiger charge is 2.07. The highest BCUT2D eigenvalue weighted by molar-refractivity contribution is 5.78. The molecule has 6 nitrogen and oxygen atoms in total. The molecular formula is C12H13N3O3. The Kier molecular flexibility index (Phi) is 3.69. The number of hydrogen-bond acceptors (Lipinski definition) is 4. The van der Waals surface area contributed by atoms with E-state index in [2.05, 4.69) is 10.5 Å². The van der Waals surface area contributed by atoms with Crippen LogP contribution in [0.3, 0.4) is 0 Å². The van der Waals surface area contributed by atoms with Crippen molar-refractivity contribution in [1.29, 1.82) is 0 Å². The van der Waals surface area contributed by atoms with E-state index in [9.17, 15) is 9.59 Å². The highest BCUT2D eigenvalue weighted by atomic mass is 16.6. The van der Waals surface area contributed by atoms with Crippen LogP contribution in [0.15, 0.2) is 35.4 Å². The number of aromatic nitrogens is 2. The molecule has 0 aliphatic rings. The van der Waals surface area contributed by atoms with Crippen molar-refractivity contribution in [2.75, 3.05) is 6.61 Å². The number of carbonyl (C=O) groups is 1. The highest BCUT2D eigenvalue weighted by Crippen LogP contribution is 2.04. The third-order valence-electron chi connectivity index (χ3n) is 2.38. The van der Waals surface area contributed by atoms with Crippen molar-refractivity contribution in [2.24, 2.45) is 0 Å². The Balaban J connectivity index is 2.27. The molecule has 0 fully saturated rings. The third-order valence-corrected chi connectivity index (χ3v) is 2.38. The zero-order chi connectivity index (χ0) is 13.0. The summed E-state index contributed by atoms with van der Waals surface area (Å²) in [5.41, 5.74) is 2.60. The van der Waals surface area contributed by atoms with Gasteiger partial charge in [-0.25, -0.2) is 10.5 Å². The van der Waals surface area contributed by atoms with Gasteiger partial charge in [-0.15, -0.1) is 0 Å². The van der Waals surface area contributed by atoms with E-state index >= 15 is 0 Å². The number of hydroxylamine groups is 1. The predicted molar refractivity (Wildman–Crippen MR) is 65.8 cm³/mol. The Morgan fingerprint density at radius 2 is 2.22 bits per heavy atom. The van der Waals surface area contributed by atoms with Crippen molar-refractivity contribution < 1.29 is 9.63 Å². The second-order valence-corrected chi connectivity index (χ2v) is 3.65. The minimum Gasteiger partial charge on any atom is -0.289 e. The van der Waals surface area contributed by atoms with Gasteiger partial charge >= 0.3 is 0 Å². The number of carbonyl (C=O) groups excluding carboxylic acids is 1. The lowest BCUT2D eigenvalue weighted by Crippen LogP contribution is -2.32. The fraction of sp³-hybridized carbons (Fsp3) is 0.250. The Labute approximate surface area is 103 Å². The smallest absolute Gasteiger partial charge is 0.263 e. The fourth-order valence-electron chi connectivity index (χ4n) is 1.56. The predicted octanol–water partition coefficient (Wildman–Crippen LogP) is 0.464. The van der Waals surface area contributed by atoms with Gasteiger partial charge in [0.1, 0.15) is 6.54 Å². The molecule has 2 aromatic rings. The minimum atomic E-state index is -0.393. The van der Waals surface area contributed by atoms with Crippen LogP contribution < -0.4 is 11.0 Å². The van der Waals surface area contributed by atoms with Crippen molar-refractivity contribution in [1.82, 2.24) is 15.0 Å². The number of benzene rings is 1. The molecule has 1 N–H and O–H groups in total. The van der Waals surface area contributed by atoms with E-state index < -0.39 is 5.91 Å². The number of fused-ring (bicyclic) bond motifs is 1. The third kappa shape index (κ3) is 2.54. The van der Waals surface area contributed by atoms with Gasteiger partial charge in [-0.2, -0.15) is 0 Å². The summed E-state index contributed by atoms with van der Waals surface area (Å²) in [6.07, 6.45) is 1.36. The first kappa shape index (κ1) is 12.3. The van der Waals surface area contributed by atoms with E-state index in [0.717, 1.165) is 0 Å². The molecule has 6 heteroatoms. The molecule has 0 unspecified atom stereocenters. The van der Waals surface area contributed by atoms with Crippen LogP contribution in [0.2, 0.25) is 0 Å². The van der Waals surface area contributed by atoms with E-state index in [1.807, 2.05) is 0 Å². The average Bonchev–Trinajstić information content (AvgIpc) is 2.40. The van der Waals surface area contributed by atoms with E-state index in [-0.39, 0.29) is 12.1 Å². The summed E-state index contributed by atoms with van der Waals surface area (Å²) in [6, 6.07) is 7.00. The van der Waals surface area contributed by atoms with Gasteiger partial charge in [0.25, 0.3) is 11.5 Å². The number of amides is 1. The maximum atomic E-state index is 12.0. The van der Waals surface area contributed by atoms with Crippen molar-refractivity contribution in [3.8, 4) is 0 Å². The van der Waals surface area contributed by atoms with Gasteiger partial charge in [-0.3, -0.25) is 19.0 Å². The van der Waals surface area contributed by atoms with Gasteiger partial charge in [0.15, 0.2) is 0 Å². The zero-order valence-corrected chi connectivity index (χ0v) is 9.92. The molecule has 0 bridgehead atoms. The number of rotatable bonds is 4. The standard InChI is InChI=1S/C12H13N3O3/c1-2-18-14-11(16)7-15-8-13-10-6-4-3-5-9(10)12(15)17/h3-6,8H,2,7H2,1H3,(H,14,16). The fourth-order valence-corrected chi connectivity index (χ4v) is 1.56. The van der Waals surface area contributed by atoms with Crippen LogP contribution in [-0.2, 0) is 16.2 Å². The Morgan fingerprint density at radius 3 is 3.00 bits per heavy atom. The van der Waals surface area contributed by atoms with Crippen molar-refractivity contribution >= 4 is 16.8 Å². The van der Waals surface area contributed by atoms with Gasteiger partial charge in [0.05, 0.1) is 23.8 Å². The Bertz CT molecular complexity index is 621. The van der Waals surface area contributed by atoms with Crippen molar-refractivity contribution in [2.45, 2.75) is 13.5 Å². The normalized spacial score (nSPS) is 10.5. The van der Waals surface area contributed by atoms with Crippen LogP contribution in [-0.4, -0.2) is 22.1 Å². The molecule has 2 rings (SSSR count). The van der Waals surface area contributed by atoms with Gasteiger partial charge < -0.3 is 0 Å². The molecule has 0 spiro atoms. The molecule has 0 aliphatic heterocycles. The average molecular weight is 247 g/mol. The number of hydrogen-bond donors (Lipinski definition) is 1. The van der Waals surface area contributed by atoms with E-state index in [1.54, 1.807) is 31.2 Å². The Hall–Kier alpha value is -2.21. The summed E-state index contributed by atoms with van der Waals surface area (Å²) in [4.78, 5) is 32.4. The lowest BCUT2D eigenvalue weighted by atomic mass is 10.2. The maximum absolute atomic E-state index is 12.0. The first-order valence-corrected chi connectivity index (χ1v) is 5.57. The molecule has 1 amide bonds. The van der Waals surface area contributed by atoms with E-state index in [4.69, 9.17) is 4.84 Å². The first-order chi connectivity index (χ1) is 8.72. The van der Waals surface area contributed by atoms with Crippen LogP contribution in [0, 0.1) is 0 Å². The molecule has 0 atom stereocenters. The summed E-state index contributed by atoms with van der Waals surface area (Å²) in [5, 5.41) is 0.490. The molecule has 94 valence electrons. The van der Waals surface area contributed by atoms with Gasteiger partial charge in [0, 0.05) is 0 Å². The minimum absolute atomic E-state index is 0.114. The van der Waals surface area contributed by atoms with Crippen LogP contribution in [0.4, 0.5) is 0 Å². The molecule has 0 saturated carbocycles. The first-order valence-electron chi connectivity index (χ1n) is 5.57. The summed E-state index contributed by atoms with van der Waals surface area (Å²) < 4.78 is 1.25. The maximum Gasteiger partial charge on any atom is 0.263 e. The molecule has 0 radical (unpaired) electrons. The molecular weight excluding hydrogens is 234 g/mol. The lowest BCUT2D eigenvalue weighted by Gasteiger charge is -2.06.